The molecule has 0 radical (unpaired) electrons. The molecule has 1 N–H and O–H groups in total. The van der Waals surface area contributed by atoms with Crippen LogP contribution in [-0.2, 0) is 0 Å². The van der Waals surface area contributed by atoms with Crippen molar-refractivity contribution in [1.82, 2.24) is 0 Å². The zero-order valence-corrected chi connectivity index (χ0v) is 8.07. The van der Waals surface area contributed by atoms with Crippen molar-refractivity contribution in [2.24, 2.45) is 0 Å². The second kappa shape index (κ2) is 5.46. The minimum atomic E-state index is -2.83. The highest BCUT2D eigenvalue weighted by Gasteiger charge is 2.07. The van der Waals surface area contributed by atoms with Gasteiger partial charge in [-0.15, -0.1) is 6.58 Å². The molecular weight excluding hydrogens is 202 g/mol. The van der Waals surface area contributed by atoms with E-state index >= 15 is 0 Å². The molecule has 0 heterocycles. The molecule has 1 unspecified atom stereocenters. The largest absolute Gasteiger partial charge is 0.435 e. The minimum absolute atomic E-state index is 0.0829. The molecule has 0 aliphatic heterocycles. The topological polar surface area (TPSA) is 29.5 Å². The number of halogens is 2. The number of hydrogen-bond acceptors (Lipinski definition) is 2. The molecule has 1 atom stereocenters. The Balaban J connectivity index is 2.67. The summed E-state index contributed by atoms with van der Waals surface area (Å²) in [6.45, 7) is 0.674. The van der Waals surface area contributed by atoms with Crippen molar-refractivity contribution in [3.63, 3.8) is 0 Å². The molecule has 1 rings (SSSR count). The molecule has 0 aromatic heterocycles. The fraction of sp³-hybridized carbons (Fsp3) is 0.273. The normalized spacial score (nSPS) is 12.5. The summed E-state index contributed by atoms with van der Waals surface area (Å²) in [5, 5.41) is 9.53. The minimum Gasteiger partial charge on any atom is -0.435 e. The lowest BCUT2D eigenvalue weighted by molar-refractivity contribution is -0.0498. The second-order valence-electron chi connectivity index (χ2n) is 2.99. The van der Waals surface area contributed by atoms with Gasteiger partial charge in [-0.2, -0.15) is 8.78 Å². The lowest BCUT2D eigenvalue weighted by Gasteiger charge is -2.09. The van der Waals surface area contributed by atoms with Crippen LogP contribution in [0.3, 0.4) is 0 Å². The van der Waals surface area contributed by atoms with E-state index < -0.39 is 12.7 Å². The molecule has 1 aromatic rings. The van der Waals surface area contributed by atoms with Crippen LogP contribution in [-0.4, -0.2) is 11.7 Å². The third-order valence-corrected chi connectivity index (χ3v) is 1.88. The van der Waals surface area contributed by atoms with Crippen LogP contribution in [0.2, 0.25) is 0 Å². The maximum atomic E-state index is 11.8. The molecule has 2 nitrogen and oxygen atoms in total. The van der Waals surface area contributed by atoms with E-state index in [1.54, 1.807) is 18.2 Å². The average molecular weight is 214 g/mol. The summed E-state index contributed by atoms with van der Waals surface area (Å²) in [5.41, 5.74) is 0.650. The van der Waals surface area contributed by atoms with E-state index in [4.69, 9.17) is 0 Å². The van der Waals surface area contributed by atoms with Gasteiger partial charge in [0, 0.05) is 0 Å². The highest BCUT2D eigenvalue weighted by Crippen LogP contribution is 2.21. The SMILES string of the molecule is C=CCC(O)c1ccc(OC(F)F)cc1. The summed E-state index contributed by atoms with van der Waals surface area (Å²) >= 11 is 0. The third kappa shape index (κ3) is 3.67. The molecule has 0 fully saturated rings. The Morgan fingerprint density at radius 1 is 1.33 bits per heavy atom. The standard InChI is InChI=1S/C11H12F2O2/c1-2-3-10(14)8-4-6-9(7-5-8)15-11(12)13/h2,4-7,10-11,14H,1,3H2. The summed E-state index contributed by atoms with van der Waals surface area (Å²) in [6.07, 6.45) is 1.37. The Bertz CT molecular complexity index is 309. The monoisotopic (exact) mass is 214 g/mol. The van der Waals surface area contributed by atoms with Gasteiger partial charge < -0.3 is 9.84 Å². The Morgan fingerprint density at radius 2 is 1.93 bits per heavy atom. The van der Waals surface area contributed by atoms with Crippen molar-refractivity contribution in [3.8, 4) is 5.75 Å². The highest BCUT2D eigenvalue weighted by molar-refractivity contribution is 5.28. The number of benzene rings is 1. The van der Waals surface area contributed by atoms with Crippen LogP contribution in [0.4, 0.5) is 8.78 Å². The molecule has 0 aliphatic carbocycles. The van der Waals surface area contributed by atoms with E-state index in [1.807, 2.05) is 0 Å². The van der Waals surface area contributed by atoms with Gasteiger partial charge in [0.15, 0.2) is 0 Å². The molecule has 82 valence electrons. The van der Waals surface area contributed by atoms with Gasteiger partial charge in [0.25, 0.3) is 0 Å². The number of aliphatic hydroxyl groups is 1. The molecule has 0 bridgehead atoms. The fourth-order valence-corrected chi connectivity index (χ4v) is 1.17. The van der Waals surface area contributed by atoms with E-state index in [9.17, 15) is 13.9 Å². The predicted molar refractivity (Wildman–Crippen MR) is 52.8 cm³/mol. The maximum absolute atomic E-state index is 11.8. The Kier molecular flexibility index (Phi) is 4.24. The Hall–Kier alpha value is -1.42. The van der Waals surface area contributed by atoms with Crippen LogP contribution in [0.1, 0.15) is 18.1 Å². The summed E-state index contributed by atoms with van der Waals surface area (Å²) < 4.78 is 27.8. The van der Waals surface area contributed by atoms with Crippen molar-refractivity contribution in [1.29, 1.82) is 0 Å². The quantitative estimate of drug-likeness (QED) is 0.763. The van der Waals surface area contributed by atoms with Crippen molar-refractivity contribution < 1.29 is 18.6 Å². The van der Waals surface area contributed by atoms with Crippen molar-refractivity contribution >= 4 is 0 Å². The Morgan fingerprint density at radius 3 is 2.40 bits per heavy atom. The van der Waals surface area contributed by atoms with Crippen LogP contribution >= 0.6 is 0 Å². The third-order valence-electron chi connectivity index (χ3n) is 1.88. The summed E-state index contributed by atoms with van der Waals surface area (Å²) in [7, 11) is 0. The molecule has 0 saturated heterocycles. The lowest BCUT2D eigenvalue weighted by Crippen LogP contribution is -2.02. The average Bonchev–Trinajstić information content (AvgIpc) is 2.18. The van der Waals surface area contributed by atoms with Gasteiger partial charge in [-0.1, -0.05) is 18.2 Å². The predicted octanol–water partition coefficient (Wildman–Crippen LogP) is 2.90. The van der Waals surface area contributed by atoms with Gasteiger partial charge in [-0.3, -0.25) is 0 Å². The van der Waals surface area contributed by atoms with E-state index in [0.29, 0.717) is 12.0 Å². The highest BCUT2D eigenvalue weighted by atomic mass is 19.3. The van der Waals surface area contributed by atoms with Crippen LogP contribution in [0.25, 0.3) is 0 Å². The molecule has 0 aliphatic rings. The van der Waals surface area contributed by atoms with Crippen LogP contribution in [0, 0.1) is 0 Å². The van der Waals surface area contributed by atoms with E-state index in [-0.39, 0.29) is 5.75 Å². The van der Waals surface area contributed by atoms with Crippen LogP contribution in [0.15, 0.2) is 36.9 Å². The molecule has 0 spiro atoms. The molecule has 4 heteroatoms. The number of rotatable bonds is 5. The van der Waals surface area contributed by atoms with Gasteiger partial charge in [0.05, 0.1) is 6.10 Å². The fourth-order valence-electron chi connectivity index (χ4n) is 1.17. The number of aliphatic hydroxyl groups excluding tert-OH is 1. The number of alkyl halides is 2. The van der Waals surface area contributed by atoms with E-state index in [1.165, 1.54) is 12.1 Å². The van der Waals surface area contributed by atoms with Gasteiger partial charge in [-0.05, 0) is 24.1 Å². The molecule has 0 saturated carbocycles. The maximum Gasteiger partial charge on any atom is 0.387 e. The first-order chi connectivity index (χ1) is 7.13. The number of hydrogen-bond donors (Lipinski definition) is 1. The van der Waals surface area contributed by atoms with Crippen molar-refractivity contribution in [2.45, 2.75) is 19.1 Å². The lowest BCUT2D eigenvalue weighted by atomic mass is 10.1. The Labute approximate surface area is 86.8 Å². The first kappa shape index (κ1) is 11.7. The van der Waals surface area contributed by atoms with Crippen LogP contribution < -0.4 is 4.74 Å². The first-order valence-corrected chi connectivity index (χ1v) is 4.47. The molecule has 15 heavy (non-hydrogen) atoms. The van der Waals surface area contributed by atoms with Gasteiger partial charge >= 0.3 is 6.61 Å². The van der Waals surface area contributed by atoms with Crippen molar-refractivity contribution in [2.75, 3.05) is 0 Å². The second-order valence-corrected chi connectivity index (χ2v) is 2.99. The zero-order chi connectivity index (χ0) is 11.3. The van der Waals surface area contributed by atoms with E-state index in [2.05, 4.69) is 11.3 Å². The van der Waals surface area contributed by atoms with Gasteiger partial charge in [0.2, 0.25) is 0 Å². The number of ether oxygens (including phenoxy) is 1. The molecule has 1 aromatic carbocycles. The van der Waals surface area contributed by atoms with Gasteiger partial charge in [-0.25, -0.2) is 0 Å². The smallest absolute Gasteiger partial charge is 0.387 e. The molecular formula is C11H12F2O2. The summed E-state index contributed by atoms with van der Waals surface area (Å²) in [6, 6.07) is 5.89. The van der Waals surface area contributed by atoms with Gasteiger partial charge in [0.1, 0.15) is 5.75 Å². The van der Waals surface area contributed by atoms with Crippen LogP contribution in [0.5, 0.6) is 5.75 Å². The zero-order valence-electron chi connectivity index (χ0n) is 8.07. The first-order valence-electron chi connectivity index (χ1n) is 4.47. The van der Waals surface area contributed by atoms with E-state index in [0.717, 1.165) is 0 Å². The van der Waals surface area contributed by atoms with Crippen molar-refractivity contribution in [3.05, 3.63) is 42.5 Å². The molecule has 0 amide bonds. The summed E-state index contributed by atoms with van der Waals surface area (Å²) in [5.74, 6) is 0.0829. The summed E-state index contributed by atoms with van der Waals surface area (Å²) in [4.78, 5) is 0.